The van der Waals surface area contributed by atoms with E-state index in [-0.39, 0.29) is 0 Å². The van der Waals surface area contributed by atoms with E-state index in [1.54, 1.807) is 18.4 Å². The summed E-state index contributed by atoms with van der Waals surface area (Å²) >= 11 is 3.48. The van der Waals surface area contributed by atoms with Crippen molar-refractivity contribution in [2.45, 2.75) is 11.4 Å². The van der Waals surface area contributed by atoms with Gasteiger partial charge in [0.25, 0.3) is 0 Å². The Labute approximate surface area is 146 Å². The van der Waals surface area contributed by atoms with Crippen LogP contribution in [0.1, 0.15) is 5.69 Å². The SMILES string of the molecule is CN=C(NCCSc1ccccc1)NCc1csc(N(C)C)n1. The molecular weight excluding hydrogens is 326 g/mol. The van der Waals surface area contributed by atoms with Crippen LogP contribution >= 0.6 is 23.1 Å². The number of thiazole rings is 1. The summed E-state index contributed by atoms with van der Waals surface area (Å²) in [5.74, 6) is 1.80. The maximum atomic E-state index is 4.55. The van der Waals surface area contributed by atoms with Gasteiger partial charge in [-0.3, -0.25) is 4.99 Å². The maximum absolute atomic E-state index is 4.55. The molecule has 0 saturated carbocycles. The first-order valence-corrected chi connectivity index (χ1v) is 9.29. The van der Waals surface area contributed by atoms with Gasteiger partial charge >= 0.3 is 0 Å². The fraction of sp³-hybridized carbons (Fsp3) is 0.375. The van der Waals surface area contributed by atoms with E-state index in [1.807, 2.05) is 36.8 Å². The van der Waals surface area contributed by atoms with Gasteiger partial charge in [-0.1, -0.05) is 18.2 Å². The van der Waals surface area contributed by atoms with Gasteiger partial charge in [0.2, 0.25) is 0 Å². The molecule has 0 unspecified atom stereocenters. The minimum atomic E-state index is 0.676. The quantitative estimate of drug-likeness (QED) is 0.348. The van der Waals surface area contributed by atoms with Crippen LogP contribution in [0.3, 0.4) is 0 Å². The largest absolute Gasteiger partial charge is 0.356 e. The lowest BCUT2D eigenvalue weighted by atomic mass is 10.4. The highest BCUT2D eigenvalue weighted by Gasteiger charge is 2.04. The van der Waals surface area contributed by atoms with Gasteiger partial charge in [-0.25, -0.2) is 4.98 Å². The zero-order valence-electron chi connectivity index (χ0n) is 13.7. The number of nitrogens with zero attached hydrogens (tertiary/aromatic N) is 3. The van der Waals surface area contributed by atoms with Crippen molar-refractivity contribution < 1.29 is 0 Å². The number of rotatable bonds is 7. The van der Waals surface area contributed by atoms with E-state index in [0.717, 1.165) is 29.1 Å². The summed E-state index contributed by atoms with van der Waals surface area (Å²) in [6.07, 6.45) is 0. The Morgan fingerprint density at radius 1 is 1.26 bits per heavy atom. The Balaban J connectivity index is 1.69. The highest BCUT2D eigenvalue weighted by Crippen LogP contribution is 2.17. The molecule has 1 aromatic heterocycles. The average Bonchev–Trinajstić information content (AvgIpc) is 3.04. The molecule has 0 aliphatic heterocycles. The molecule has 0 fully saturated rings. The van der Waals surface area contributed by atoms with Crippen LogP contribution in [-0.4, -0.2) is 44.4 Å². The van der Waals surface area contributed by atoms with Crippen molar-refractivity contribution in [3.8, 4) is 0 Å². The second kappa shape index (κ2) is 9.42. The molecule has 0 amide bonds. The van der Waals surface area contributed by atoms with Crippen LogP contribution in [0.5, 0.6) is 0 Å². The molecule has 0 aliphatic carbocycles. The van der Waals surface area contributed by atoms with Crippen molar-refractivity contribution in [1.29, 1.82) is 0 Å². The molecule has 2 N–H and O–H groups in total. The Morgan fingerprint density at radius 2 is 2.04 bits per heavy atom. The third-order valence-electron chi connectivity index (χ3n) is 2.99. The van der Waals surface area contributed by atoms with Crippen molar-refractivity contribution >= 4 is 34.2 Å². The summed E-state index contributed by atoms with van der Waals surface area (Å²) in [5.41, 5.74) is 1.03. The second-order valence-corrected chi connectivity index (χ2v) is 7.03. The van der Waals surface area contributed by atoms with Gasteiger partial charge in [0.1, 0.15) is 0 Å². The van der Waals surface area contributed by atoms with Crippen molar-refractivity contribution in [3.05, 3.63) is 41.4 Å². The first kappa shape index (κ1) is 17.6. The summed E-state index contributed by atoms with van der Waals surface area (Å²) in [5, 5.41) is 9.70. The number of nitrogens with one attached hydrogen (secondary N) is 2. The molecule has 2 rings (SSSR count). The van der Waals surface area contributed by atoms with Gasteiger partial charge in [-0.2, -0.15) is 0 Å². The summed E-state index contributed by atoms with van der Waals surface area (Å²) in [4.78, 5) is 12.1. The van der Waals surface area contributed by atoms with E-state index in [2.05, 4.69) is 50.3 Å². The number of thioether (sulfide) groups is 1. The van der Waals surface area contributed by atoms with Crippen LogP contribution in [0.25, 0.3) is 0 Å². The van der Waals surface area contributed by atoms with E-state index < -0.39 is 0 Å². The van der Waals surface area contributed by atoms with Crippen molar-refractivity contribution in [1.82, 2.24) is 15.6 Å². The Hall–Kier alpha value is -1.73. The van der Waals surface area contributed by atoms with Crippen molar-refractivity contribution in [2.75, 3.05) is 38.3 Å². The van der Waals surface area contributed by atoms with Gasteiger partial charge in [-0.15, -0.1) is 23.1 Å². The minimum Gasteiger partial charge on any atom is -0.356 e. The molecule has 2 aromatic rings. The summed E-state index contributed by atoms with van der Waals surface area (Å²) in [6.45, 7) is 1.54. The number of aromatic nitrogens is 1. The summed E-state index contributed by atoms with van der Waals surface area (Å²) in [7, 11) is 5.79. The molecule has 0 aliphatic rings. The van der Waals surface area contributed by atoms with E-state index in [9.17, 15) is 0 Å². The molecule has 0 atom stereocenters. The molecule has 5 nitrogen and oxygen atoms in total. The standard InChI is InChI=1S/C16H23N5S2/c1-17-15(18-9-10-22-14-7-5-4-6-8-14)19-11-13-12-23-16(20-13)21(2)3/h4-8,12H,9-11H2,1-3H3,(H2,17,18,19). The number of aliphatic imine (C=N–C) groups is 1. The lowest BCUT2D eigenvalue weighted by Crippen LogP contribution is -2.38. The van der Waals surface area contributed by atoms with E-state index in [1.165, 1.54) is 4.90 Å². The van der Waals surface area contributed by atoms with Crippen molar-refractivity contribution in [3.63, 3.8) is 0 Å². The van der Waals surface area contributed by atoms with Crippen LogP contribution < -0.4 is 15.5 Å². The van der Waals surface area contributed by atoms with Crippen LogP contribution in [0.2, 0.25) is 0 Å². The van der Waals surface area contributed by atoms with Crippen LogP contribution in [0.4, 0.5) is 5.13 Å². The van der Waals surface area contributed by atoms with Crippen LogP contribution in [0.15, 0.2) is 45.6 Å². The molecule has 1 aromatic carbocycles. The highest BCUT2D eigenvalue weighted by molar-refractivity contribution is 7.99. The Bertz CT molecular complexity index is 610. The average molecular weight is 350 g/mol. The second-order valence-electron chi connectivity index (χ2n) is 5.03. The number of benzene rings is 1. The van der Waals surface area contributed by atoms with Gasteiger partial charge in [0.15, 0.2) is 11.1 Å². The predicted molar refractivity (Wildman–Crippen MR) is 102 cm³/mol. The van der Waals surface area contributed by atoms with Crippen LogP contribution in [0, 0.1) is 0 Å². The third-order valence-corrected chi connectivity index (χ3v) is 5.06. The molecule has 0 radical (unpaired) electrons. The normalized spacial score (nSPS) is 11.3. The van der Waals surface area contributed by atoms with E-state index in [0.29, 0.717) is 6.54 Å². The number of anilines is 1. The molecule has 124 valence electrons. The smallest absolute Gasteiger partial charge is 0.191 e. The molecular formula is C16H23N5S2. The molecule has 0 saturated heterocycles. The summed E-state index contributed by atoms with van der Waals surface area (Å²) in [6, 6.07) is 10.4. The van der Waals surface area contributed by atoms with E-state index >= 15 is 0 Å². The number of guanidine groups is 1. The number of hydrogen-bond donors (Lipinski definition) is 2. The lowest BCUT2D eigenvalue weighted by molar-refractivity contribution is 0.816. The predicted octanol–water partition coefficient (Wildman–Crippen LogP) is 2.67. The zero-order valence-corrected chi connectivity index (χ0v) is 15.4. The first-order valence-electron chi connectivity index (χ1n) is 7.43. The third kappa shape index (κ3) is 6.11. The topological polar surface area (TPSA) is 52.6 Å². The van der Waals surface area contributed by atoms with Gasteiger partial charge < -0.3 is 15.5 Å². The molecule has 1 heterocycles. The van der Waals surface area contributed by atoms with Gasteiger partial charge in [0, 0.05) is 43.7 Å². The van der Waals surface area contributed by atoms with Gasteiger partial charge in [0.05, 0.1) is 12.2 Å². The fourth-order valence-corrected chi connectivity index (χ4v) is 3.38. The molecule has 0 bridgehead atoms. The monoisotopic (exact) mass is 349 g/mol. The fourth-order valence-electron chi connectivity index (χ4n) is 1.83. The number of hydrogen-bond acceptors (Lipinski definition) is 5. The molecule has 23 heavy (non-hydrogen) atoms. The maximum Gasteiger partial charge on any atom is 0.191 e. The van der Waals surface area contributed by atoms with Crippen molar-refractivity contribution in [2.24, 2.45) is 4.99 Å². The molecule has 0 spiro atoms. The van der Waals surface area contributed by atoms with Crippen LogP contribution in [-0.2, 0) is 6.54 Å². The van der Waals surface area contributed by atoms with Gasteiger partial charge in [-0.05, 0) is 12.1 Å². The van der Waals surface area contributed by atoms with E-state index in [4.69, 9.17) is 0 Å². The first-order chi connectivity index (χ1) is 11.2. The minimum absolute atomic E-state index is 0.676. The Kier molecular flexibility index (Phi) is 7.22. The highest BCUT2D eigenvalue weighted by atomic mass is 32.2. The lowest BCUT2D eigenvalue weighted by Gasteiger charge is -2.11. The molecule has 7 heteroatoms. The summed E-state index contributed by atoms with van der Waals surface area (Å²) < 4.78 is 0. The Morgan fingerprint density at radius 3 is 2.70 bits per heavy atom. The zero-order chi connectivity index (χ0) is 16.5.